The van der Waals surface area contributed by atoms with Gasteiger partial charge in [-0.25, -0.2) is 18.4 Å². The summed E-state index contributed by atoms with van der Waals surface area (Å²) in [5.41, 5.74) is -0.0511. The third-order valence-electron chi connectivity index (χ3n) is 4.22. The van der Waals surface area contributed by atoms with Crippen molar-refractivity contribution in [3.63, 3.8) is 0 Å². The molecule has 0 radical (unpaired) electrons. The van der Waals surface area contributed by atoms with E-state index in [1.807, 2.05) is 27.7 Å². The summed E-state index contributed by atoms with van der Waals surface area (Å²) in [6.07, 6.45) is 1.55. The Morgan fingerprint density at radius 2 is 1.73 bits per heavy atom. The number of hydrogen-bond donors (Lipinski definition) is 1. The number of carbonyl (C=O) groups is 2. The summed E-state index contributed by atoms with van der Waals surface area (Å²) < 4.78 is 28.0. The quantitative estimate of drug-likeness (QED) is 0.670. The molecule has 2 N–H and O–H groups in total. The molecule has 0 aliphatic heterocycles. The lowest BCUT2D eigenvalue weighted by atomic mass is 10.1. The van der Waals surface area contributed by atoms with Crippen LogP contribution < -0.4 is 5.14 Å². The molecule has 1 amide bonds. The minimum Gasteiger partial charge on any atom is -0.452 e. The number of carbonyl (C=O) groups excluding carboxylic acids is 2. The Labute approximate surface area is 159 Å². The number of ether oxygens (including phenoxy) is 1. The zero-order valence-corrected chi connectivity index (χ0v) is 16.9. The highest BCUT2D eigenvalue weighted by Gasteiger charge is 2.25. The van der Waals surface area contributed by atoms with E-state index in [1.165, 1.54) is 12.1 Å². The SMILES string of the molecule is CC[C@@H](C)N(C(=O)COC(=O)c1ccc(Cl)c(S(N)(=O)=O)c1)[C@@H](C)CC. The molecule has 1 rings (SSSR count). The first-order valence-corrected chi connectivity index (χ1v) is 10.3. The van der Waals surface area contributed by atoms with Gasteiger partial charge in [-0.05, 0) is 44.9 Å². The smallest absolute Gasteiger partial charge is 0.338 e. The van der Waals surface area contributed by atoms with E-state index in [9.17, 15) is 18.0 Å². The average molecular weight is 405 g/mol. The maximum atomic E-state index is 12.5. The van der Waals surface area contributed by atoms with Gasteiger partial charge in [0, 0.05) is 12.1 Å². The summed E-state index contributed by atoms with van der Waals surface area (Å²) in [5.74, 6) is -1.13. The lowest BCUT2D eigenvalue weighted by Crippen LogP contribution is -2.46. The van der Waals surface area contributed by atoms with Gasteiger partial charge in [0.1, 0.15) is 4.90 Å². The third kappa shape index (κ3) is 5.69. The Morgan fingerprint density at radius 3 is 2.19 bits per heavy atom. The molecular weight excluding hydrogens is 380 g/mol. The van der Waals surface area contributed by atoms with Crippen molar-refractivity contribution in [2.45, 2.75) is 57.5 Å². The number of amides is 1. The molecule has 0 unspecified atom stereocenters. The van der Waals surface area contributed by atoms with E-state index in [2.05, 4.69) is 0 Å². The topological polar surface area (TPSA) is 107 Å². The average Bonchev–Trinajstić information content (AvgIpc) is 2.58. The molecule has 9 heteroatoms. The van der Waals surface area contributed by atoms with Crippen LogP contribution >= 0.6 is 11.6 Å². The van der Waals surface area contributed by atoms with Crippen LogP contribution in [0, 0.1) is 0 Å². The molecule has 1 aromatic carbocycles. The van der Waals surface area contributed by atoms with Gasteiger partial charge in [0.05, 0.1) is 10.6 Å². The van der Waals surface area contributed by atoms with E-state index < -0.39 is 22.6 Å². The number of sulfonamides is 1. The normalized spacial score (nSPS) is 13.8. The summed E-state index contributed by atoms with van der Waals surface area (Å²) in [5, 5.41) is 4.96. The monoisotopic (exact) mass is 404 g/mol. The summed E-state index contributed by atoms with van der Waals surface area (Å²) in [4.78, 5) is 26.0. The maximum Gasteiger partial charge on any atom is 0.338 e. The van der Waals surface area contributed by atoms with Gasteiger partial charge >= 0.3 is 5.97 Å². The predicted molar refractivity (Wildman–Crippen MR) is 99.5 cm³/mol. The second-order valence-corrected chi connectivity index (χ2v) is 8.02. The molecule has 0 spiro atoms. The highest BCUT2D eigenvalue weighted by atomic mass is 35.5. The second kappa shape index (κ2) is 9.34. The number of esters is 1. The number of nitrogens with zero attached hydrogens (tertiary/aromatic N) is 1. The molecule has 0 aliphatic carbocycles. The van der Waals surface area contributed by atoms with Gasteiger partial charge in [-0.15, -0.1) is 0 Å². The van der Waals surface area contributed by atoms with Crippen LogP contribution in [0.15, 0.2) is 23.1 Å². The van der Waals surface area contributed by atoms with Crippen LogP contribution in [0.4, 0.5) is 0 Å². The van der Waals surface area contributed by atoms with E-state index in [0.29, 0.717) is 0 Å². The number of halogens is 1. The van der Waals surface area contributed by atoms with Crippen molar-refractivity contribution in [1.29, 1.82) is 0 Å². The standard InChI is InChI=1S/C17H25ClN2O5S/c1-5-11(3)20(12(4)6-2)16(21)10-25-17(22)13-7-8-14(18)15(9-13)26(19,23)24/h7-9,11-12H,5-6,10H2,1-4H3,(H2,19,23,24)/t11-,12+. The second-order valence-electron chi connectivity index (χ2n) is 6.08. The van der Waals surface area contributed by atoms with Gasteiger partial charge in [-0.1, -0.05) is 25.4 Å². The van der Waals surface area contributed by atoms with E-state index in [0.717, 1.165) is 18.9 Å². The van der Waals surface area contributed by atoms with Gasteiger partial charge in [-0.3, -0.25) is 4.79 Å². The Hall–Kier alpha value is -1.64. The van der Waals surface area contributed by atoms with Crippen molar-refractivity contribution >= 4 is 33.5 Å². The van der Waals surface area contributed by atoms with E-state index in [4.69, 9.17) is 21.5 Å². The Balaban J connectivity index is 2.90. The number of nitrogens with two attached hydrogens (primary N) is 1. The van der Waals surface area contributed by atoms with Crippen LogP contribution in [-0.4, -0.2) is 43.9 Å². The molecule has 1 aromatic rings. The van der Waals surface area contributed by atoms with Crippen LogP contribution in [0.5, 0.6) is 0 Å². The van der Waals surface area contributed by atoms with Crippen LogP contribution in [0.2, 0.25) is 5.02 Å². The number of hydrogen-bond acceptors (Lipinski definition) is 5. The molecule has 7 nitrogen and oxygen atoms in total. The van der Waals surface area contributed by atoms with Crippen LogP contribution in [0.1, 0.15) is 50.9 Å². The molecule has 0 aliphatic rings. The minimum absolute atomic E-state index is 0.0145. The van der Waals surface area contributed by atoms with Crippen molar-refractivity contribution < 1.29 is 22.7 Å². The van der Waals surface area contributed by atoms with E-state index in [1.54, 1.807) is 4.90 Å². The fourth-order valence-electron chi connectivity index (χ4n) is 2.45. The van der Waals surface area contributed by atoms with E-state index >= 15 is 0 Å². The predicted octanol–water partition coefficient (Wildman–Crippen LogP) is 2.57. The summed E-state index contributed by atoms with van der Waals surface area (Å²) in [7, 11) is -4.08. The van der Waals surface area contributed by atoms with Crippen molar-refractivity contribution in [1.82, 2.24) is 4.90 Å². The highest BCUT2D eigenvalue weighted by molar-refractivity contribution is 7.89. The van der Waals surface area contributed by atoms with Gasteiger partial charge in [-0.2, -0.15) is 0 Å². The summed E-state index contributed by atoms with van der Waals surface area (Å²) in [6.45, 7) is 7.39. The lowest BCUT2D eigenvalue weighted by molar-refractivity contribution is -0.139. The van der Waals surface area contributed by atoms with Crippen LogP contribution in [-0.2, 0) is 19.6 Å². The molecule has 26 heavy (non-hydrogen) atoms. The fraction of sp³-hybridized carbons (Fsp3) is 0.529. The number of rotatable bonds is 8. The van der Waals surface area contributed by atoms with Crippen LogP contribution in [0.3, 0.4) is 0 Å². The van der Waals surface area contributed by atoms with Gasteiger partial charge < -0.3 is 9.64 Å². The minimum atomic E-state index is -4.08. The zero-order valence-electron chi connectivity index (χ0n) is 15.4. The number of benzene rings is 1. The van der Waals surface area contributed by atoms with Crippen molar-refractivity contribution in [2.24, 2.45) is 5.14 Å². The molecule has 0 heterocycles. The molecule has 0 fully saturated rings. The summed E-state index contributed by atoms with van der Waals surface area (Å²) >= 11 is 5.78. The Bertz CT molecular complexity index is 756. The maximum absolute atomic E-state index is 12.5. The van der Waals surface area contributed by atoms with Gasteiger partial charge in [0.25, 0.3) is 5.91 Å². The molecule has 0 saturated heterocycles. The van der Waals surface area contributed by atoms with Crippen molar-refractivity contribution in [2.75, 3.05) is 6.61 Å². The largest absolute Gasteiger partial charge is 0.452 e. The Kier molecular flexibility index (Phi) is 8.05. The van der Waals surface area contributed by atoms with Gasteiger partial charge in [0.15, 0.2) is 6.61 Å². The van der Waals surface area contributed by atoms with Crippen molar-refractivity contribution in [3.05, 3.63) is 28.8 Å². The third-order valence-corrected chi connectivity index (χ3v) is 5.61. The van der Waals surface area contributed by atoms with Crippen molar-refractivity contribution in [3.8, 4) is 0 Å². The Morgan fingerprint density at radius 1 is 1.19 bits per heavy atom. The first-order chi connectivity index (χ1) is 12.0. The lowest BCUT2D eigenvalue weighted by Gasteiger charge is -2.33. The zero-order chi connectivity index (χ0) is 20.1. The fourth-order valence-corrected chi connectivity index (χ4v) is 3.52. The van der Waals surface area contributed by atoms with Gasteiger partial charge in [0.2, 0.25) is 10.0 Å². The van der Waals surface area contributed by atoms with Crippen LogP contribution in [0.25, 0.3) is 0 Å². The number of primary sulfonamides is 1. The highest BCUT2D eigenvalue weighted by Crippen LogP contribution is 2.22. The first kappa shape index (κ1) is 22.4. The molecule has 0 saturated carbocycles. The molecule has 0 bridgehead atoms. The first-order valence-electron chi connectivity index (χ1n) is 8.33. The summed E-state index contributed by atoms with van der Waals surface area (Å²) in [6, 6.07) is 3.61. The molecule has 2 atom stereocenters. The molecule has 146 valence electrons. The van der Waals surface area contributed by atoms with E-state index in [-0.39, 0.29) is 33.5 Å². The molecular formula is C17H25ClN2O5S. The molecule has 0 aromatic heterocycles.